The molecule has 0 aromatic heterocycles. The van der Waals surface area contributed by atoms with Gasteiger partial charge >= 0.3 is 0 Å². The van der Waals surface area contributed by atoms with E-state index in [1.54, 1.807) is 18.2 Å². The summed E-state index contributed by atoms with van der Waals surface area (Å²) >= 11 is 11.8. The summed E-state index contributed by atoms with van der Waals surface area (Å²) in [6.45, 7) is 2.59. The van der Waals surface area contributed by atoms with Crippen molar-refractivity contribution in [2.45, 2.75) is 31.8 Å². The Morgan fingerprint density at radius 2 is 2.32 bits per heavy atom. The minimum atomic E-state index is -0.290. The molecule has 0 radical (unpaired) electrons. The fourth-order valence-corrected chi connectivity index (χ4v) is 2.27. The summed E-state index contributed by atoms with van der Waals surface area (Å²) in [5.74, 6) is 5.99. The number of halogens is 2. The van der Waals surface area contributed by atoms with Gasteiger partial charge < -0.3 is 9.47 Å². The molecule has 1 saturated heterocycles. The van der Waals surface area contributed by atoms with Crippen molar-refractivity contribution in [1.82, 2.24) is 10.7 Å². The Hall–Kier alpha value is -0.560. The maximum absolute atomic E-state index is 5.94. The van der Waals surface area contributed by atoms with Gasteiger partial charge in [-0.05, 0) is 19.1 Å². The highest BCUT2D eigenvalue weighted by Gasteiger charge is 2.25. The summed E-state index contributed by atoms with van der Waals surface area (Å²) in [5.41, 5.74) is 2.52. The number of benzene rings is 1. The van der Waals surface area contributed by atoms with E-state index in [2.05, 4.69) is 10.7 Å². The maximum atomic E-state index is 5.94. The lowest BCUT2D eigenvalue weighted by atomic mass is 10.1. The Kier molecular flexibility index (Phi) is 5.27. The molecule has 0 spiro atoms. The number of hydrazine groups is 1. The zero-order chi connectivity index (χ0) is 13.8. The van der Waals surface area contributed by atoms with Crippen molar-refractivity contribution in [3.8, 4) is 5.75 Å². The van der Waals surface area contributed by atoms with Gasteiger partial charge in [-0.1, -0.05) is 23.2 Å². The summed E-state index contributed by atoms with van der Waals surface area (Å²) in [6.07, 6.45) is 0.537. The summed E-state index contributed by atoms with van der Waals surface area (Å²) in [6, 6.07) is 5.44. The fourth-order valence-electron chi connectivity index (χ4n) is 1.99. The van der Waals surface area contributed by atoms with E-state index in [1.807, 2.05) is 6.92 Å². The first-order valence-corrected chi connectivity index (χ1v) is 6.79. The standard InChI is InChI=1S/C12H17Cl2N3O2/c1-7(4-8-6-18-12(16-8)17-15)19-9-2-3-10(13)11(14)5-9/h2-3,5,7-8,12,16-17H,4,6,15H2,1H3/t7-,8-,12?/m0/s1. The average Bonchev–Trinajstić information content (AvgIpc) is 2.81. The van der Waals surface area contributed by atoms with Gasteiger partial charge in [0.25, 0.3) is 0 Å². The molecule has 0 aliphatic carbocycles. The Labute approximate surface area is 122 Å². The highest BCUT2D eigenvalue weighted by molar-refractivity contribution is 6.42. The van der Waals surface area contributed by atoms with Crippen molar-refractivity contribution in [2.75, 3.05) is 6.61 Å². The van der Waals surface area contributed by atoms with Crippen molar-refractivity contribution < 1.29 is 9.47 Å². The number of nitrogens with one attached hydrogen (secondary N) is 2. The largest absolute Gasteiger partial charge is 0.491 e. The normalized spacial score (nSPS) is 24.4. The summed E-state index contributed by atoms with van der Waals surface area (Å²) in [5, 5.41) is 4.20. The second-order valence-electron chi connectivity index (χ2n) is 4.48. The molecule has 0 amide bonds. The molecule has 2 rings (SSSR count). The Bertz CT molecular complexity index is 433. The maximum Gasteiger partial charge on any atom is 0.176 e. The lowest BCUT2D eigenvalue weighted by molar-refractivity contribution is 0.0727. The van der Waals surface area contributed by atoms with Gasteiger partial charge in [-0.15, -0.1) is 0 Å². The second-order valence-corrected chi connectivity index (χ2v) is 5.30. The molecule has 1 aliphatic rings. The van der Waals surface area contributed by atoms with Crippen LogP contribution in [-0.2, 0) is 4.74 Å². The molecule has 0 bridgehead atoms. The monoisotopic (exact) mass is 305 g/mol. The highest BCUT2D eigenvalue weighted by Crippen LogP contribution is 2.27. The molecule has 4 N–H and O–H groups in total. The first-order valence-electron chi connectivity index (χ1n) is 6.04. The van der Waals surface area contributed by atoms with Crippen LogP contribution in [0.4, 0.5) is 0 Å². The molecule has 1 aromatic carbocycles. The van der Waals surface area contributed by atoms with Crippen LogP contribution in [0, 0.1) is 0 Å². The van der Waals surface area contributed by atoms with Crippen LogP contribution in [-0.4, -0.2) is 25.1 Å². The van der Waals surface area contributed by atoms with Crippen LogP contribution in [0.3, 0.4) is 0 Å². The molecule has 3 atom stereocenters. The molecule has 5 nitrogen and oxygen atoms in total. The molecule has 0 saturated carbocycles. The minimum absolute atomic E-state index is 0.0230. The van der Waals surface area contributed by atoms with Gasteiger partial charge in [-0.25, -0.2) is 5.43 Å². The number of nitrogens with two attached hydrogens (primary N) is 1. The summed E-state index contributed by atoms with van der Waals surface area (Å²) < 4.78 is 11.1. The molecule has 106 valence electrons. The van der Waals surface area contributed by atoms with Gasteiger partial charge in [0.1, 0.15) is 5.75 Å². The van der Waals surface area contributed by atoms with E-state index in [1.165, 1.54) is 0 Å². The third-order valence-electron chi connectivity index (χ3n) is 2.85. The van der Waals surface area contributed by atoms with Gasteiger partial charge in [0.05, 0.1) is 22.8 Å². The van der Waals surface area contributed by atoms with Gasteiger partial charge in [0, 0.05) is 18.5 Å². The lowest BCUT2D eigenvalue weighted by Crippen LogP contribution is -2.45. The minimum Gasteiger partial charge on any atom is -0.491 e. The van der Waals surface area contributed by atoms with Crippen LogP contribution in [0.2, 0.25) is 10.0 Å². The lowest BCUT2D eigenvalue weighted by Gasteiger charge is -2.18. The van der Waals surface area contributed by atoms with E-state index >= 15 is 0 Å². The van der Waals surface area contributed by atoms with Crippen molar-refractivity contribution in [3.63, 3.8) is 0 Å². The van der Waals surface area contributed by atoms with Gasteiger partial charge in [0.15, 0.2) is 6.35 Å². The van der Waals surface area contributed by atoms with Crippen LogP contribution in [0.25, 0.3) is 0 Å². The molecule has 1 unspecified atom stereocenters. The Morgan fingerprint density at radius 1 is 1.53 bits per heavy atom. The Balaban J connectivity index is 1.84. The van der Waals surface area contributed by atoms with E-state index in [9.17, 15) is 0 Å². The molecule has 1 heterocycles. The zero-order valence-corrected chi connectivity index (χ0v) is 12.0. The Morgan fingerprint density at radius 3 is 2.95 bits per heavy atom. The predicted molar refractivity (Wildman–Crippen MR) is 75.2 cm³/mol. The van der Waals surface area contributed by atoms with Crippen LogP contribution in [0.1, 0.15) is 13.3 Å². The van der Waals surface area contributed by atoms with Gasteiger partial charge in [-0.2, -0.15) is 0 Å². The number of ether oxygens (including phenoxy) is 2. The van der Waals surface area contributed by atoms with Crippen molar-refractivity contribution in [1.29, 1.82) is 0 Å². The number of hydrogen-bond acceptors (Lipinski definition) is 5. The van der Waals surface area contributed by atoms with Crippen LogP contribution in [0.5, 0.6) is 5.75 Å². The third-order valence-corrected chi connectivity index (χ3v) is 3.59. The number of rotatable bonds is 5. The van der Waals surface area contributed by atoms with Crippen LogP contribution in [0.15, 0.2) is 18.2 Å². The van der Waals surface area contributed by atoms with E-state index in [0.29, 0.717) is 22.4 Å². The van der Waals surface area contributed by atoms with E-state index in [0.717, 1.165) is 6.42 Å². The van der Waals surface area contributed by atoms with Crippen LogP contribution >= 0.6 is 23.2 Å². The van der Waals surface area contributed by atoms with Crippen molar-refractivity contribution in [2.24, 2.45) is 5.84 Å². The summed E-state index contributed by atoms with van der Waals surface area (Å²) in [7, 11) is 0. The molecule has 7 heteroatoms. The van der Waals surface area contributed by atoms with E-state index in [4.69, 9.17) is 38.5 Å². The second kappa shape index (κ2) is 6.74. The third kappa shape index (κ3) is 4.21. The SMILES string of the molecule is C[C@@H](C[C@H]1COC(NN)N1)Oc1ccc(Cl)c(Cl)c1. The van der Waals surface area contributed by atoms with Crippen LogP contribution < -0.4 is 21.3 Å². The topological polar surface area (TPSA) is 68.5 Å². The molecule has 1 aromatic rings. The fraction of sp³-hybridized carbons (Fsp3) is 0.500. The van der Waals surface area contributed by atoms with E-state index in [-0.39, 0.29) is 18.5 Å². The summed E-state index contributed by atoms with van der Waals surface area (Å²) in [4.78, 5) is 0. The molecular weight excluding hydrogens is 289 g/mol. The van der Waals surface area contributed by atoms with Crippen molar-refractivity contribution >= 4 is 23.2 Å². The predicted octanol–water partition coefficient (Wildman–Crippen LogP) is 1.89. The zero-order valence-electron chi connectivity index (χ0n) is 10.5. The number of hydrogen-bond donors (Lipinski definition) is 3. The van der Waals surface area contributed by atoms with Gasteiger partial charge in [-0.3, -0.25) is 11.2 Å². The highest BCUT2D eigenvalue weighted by atomic mass is 35.5. The van der Waals surface area contributed by atoms with Gasteiger partial charge in [0.2, 0.25) is 0 Å². The van der Waals surface area contributed by atoms with Crippen molar-refractivity contribution in [3.05, 3.63) is 28.2 Å². The first kappa shape index (κ1) is 14.8. The molecular formula is C12H17Cl2N3O2. The molecule has 1 fully saturated rings. The molecule has 19 heavy (non-hydrogen) atoms. The van der Waals surface area contributed by atoms with E-state index < -0.39 is 0 Å². The molecule has 1 aliphatic heterocycles. The smallest absolute Gasteiger partial charge is 0.176 e. The first-order chi connectivity index (χ1) is 9.08. The quantitative estimate of drug-likeness (QED) is 0.572. The average molecular weight is 306 g/mol.